The Labute approximate surface area is 72.6 Å². The molecule has 0 amide bonds. The molecule has 2 nitrogen and oxygen atoms in total. The summed E-state index contributed by atoms with van der Waals surface area (Å²) in [7, 11) is 0. The van der Waals surface area contributed by atoms with E-state index < -0.39 is 5.54 Å². The first-order valence-corrected chi connectivity index (χ1v) is 4.12. The third-order valence-corrected chi connectivity index (χ3v) is 1.98. The van der Waals surface area contributed by atoms with Crippen molar-refractivity contribution in [2.24, 2.45) is 5.18 Å². The molecule has 0 fully saturated rings. The molecule has 1 rings (SSSR count). The lowest BCUT2D eigenvalue weighted by Gasteiger charge is -2.08. The van der Waals surface area contributed by atoms with Crippen LogP contribution in [0.15, 0.2) is 41.1 Å². The van der Waals surface area contributed by atoms with Crippen LogP contribution < -0.4 is 0 Å². The van der Waals surface area contributed by atoms with E-state index in [9.17, 15) is 4.91 Å². The highest BCUT2D eigenvalue weighted by molar-refractivity contribution is 5.33. The van der Waals surface area contributed by atoms with Crippen molar-refractivity contribution in [2.45, 2.75) is 25.8 Å². The van der Waals surface area contributed by atoms with E-state index in [0.717, 1.165) is 6.42 Å². The molecule has 0 aromatic heterocycles. The van der Waals surface area contributed by atoms with Crippen LogP contribution in [0, 0.1) is 4.91 Å². The molecule has 0 bridgehead atoms. The van der Waals surface area contributed by atoms with Crippen molar-refractivity contribution >= 4 is 0 Å². The summed E-state index contributed by atoms with van der Waals surface area (Å²) in [5.41, 5.74) is 0.562. The largest absolute Gasteiger partial charge is 0.150 e. The molecule has 12 heavy (non-hydrogen) atoms. The minimum atomic E-state index is -0.659. The maximum absolute atomic E-state index is 10.5. The third-order valence-electron chi connectivity index (χ3n) is 1.98. The lowest BCUT2D eigenvalue weighted by molar-refractivity contribution is 0.731. The molecule has 0 aliphatic heterocycles. The fourth-order valence-corrected chi connectivity index (χ4v) is 1.05. The first-order valence-electron chi connectivity index (χ1n) is 4.12. The quantitative estimate of drug-likeness (QED) is 0.575. The minimum absolute atomic E-state index is 0.659. The summed E-state index contributed by atoms with van der Waals surface area (Å²) >= 11 is 0. The molecule has 1 aliphatic rings. The Hall–Kier alpha value is -1.18. The van der Waals surface area contributed by atoms with Crippen molar-refractivity contribution in [3.05, 3.63) is 40.9 Å². The van der Waals surface area contributed by atoms with Gasteiger partial charge in [-0.3, -0.25) is 0 Å². The lowest BCUT2D eigenvalue weighted by atomic mass is 10.0. The number of allylic oxidation sites excluding steroid dienone is 4. The van der Waals surface area contributed by atoms with Crippen LogP contribution in [0.1, 0.15) is 20.3 Å². The fourth-order valence-electron chi connectivity index (χ4n) is 1.05. The van der Waals surface area contributed by atoms with Crippen molar-refractivity contribution in [2.75, 3.05) is 0 Å². The second kappa shape index (κ2) is 3.48. The molecule has 0 spiro atoms. The van der Waals surface area contributed by atoms with E-state index in [1.807, 2.05) is 24.3 Å². The Morgan fingerprint density at radius 2 is 2.25 bits per heavy atom. The van der Waals surface area contributed by atoms with Crippen molar-refractivity contribution in [1.82, 2.24) is 0 Å². The van der Waals surface area contributed by atoms with Gasteiger partial charge in [-0.2, -0.15) is 0 Å². The molecule has 0 aromatic carbocycles. The molecule has 2 heteroatoms. The first kappa shape index (κ1) is 8.91. The van der Waals surface area contributed by atoms with Gasteiger partial charge in [0.15, 0.2) is 0 Å². The highest BCUT2D eigenvalue weighted by atomic mass is 16.3. The average Bonchev–Trinajstić information content (AvgIpc) is 2.28. The van der Waals surface area contributed by atoms with E-state index in [1.165, 1.54) is 5.57 Å². The number of nitrogens with zero attached hydrogens (tertiary/aromatic N) is 1. The summed E-state index contributed by atoms with van der Waals surface area (Å²) in [6.45, 7) is 3.88. The van der Waals surface area contributed by atoms with Gasteiger partial charge in [-0.1, -0.05) is 30.3 Å². The lowest BCUT2D eigenvalue weighted by Crippen LogP contribution is -2.12. The van der Waals surface area contributed by atoms with Crippen molar-refractivity contribution < 1.29 is 0 Å². The molecule has 0 aromatic rings. The van der Waals surface area contributed by atoms with Crippen LogP contribution in [0.2, 0.25) is 0 Å². The summed E-state index contributed by atoms with van der Waals surface area (Å²) in [4.78, 5) is 10.5. The Morgan fingerprint density at radius 3 is 2.83 bits per heavy atom. The second-order valence-electron chi connectivity index (χ2n) is 3.10. The number of rotatable bonds is 2. The highest BCUT2D eigenvalue weighted by Gasteiger charge is 2.17. The Bertz CT molecular complexity index is 263. The molecule has 64 valence electrons. The van der Waals surface area contributed by atoms with Gasteiger partial charge >= 0.3 is 0 Å². The predicted molar refractivity (Wildman–Crippen MR) is 50.9 cm³/mol. The van der Waals surface area contributed by atoms with Gasteiger partial charge in [0.05, 0.1) is 0 Å². The monoisotopic (exact) mass is 163 g/mol. The average molecular weight is 163 g/mol. The standard InChI is InChI=1S/C10H13NO/c1-3-9-5-4-7-10(2,11-12)8-6-9/h4-8H,3H2,1-2H3. The maximum atomic E-state index is 10.5. The molecule has 1 unspecified atom stereocenters. The van der Waals surface area contributed by atoms with E-state index in [0.29, 0.717) is 0 Å². The Kier molecular flexibility index (Phi) is 2.58. The normalized spacial score (nSPS) is 28.0. The van der Waals surface area contributed by atoms with Crippen LogP contribution in [-0.4, -0.2) is 5.54 Å². The number of nitroso groups, excluding NO2 is 1. The molecular formula is C10H13NO. The van der Waals surface area contributed by atoms with Crippen LogP contribution in [0.25, 0.3) is 0 Å². The van der Waals surface area contributed by atoms with Gasteiger partial charge in [-0.15, -0.1) is 4.91 Å². The zero-order chi connectivity index (χ0) is 9.03. The van der Waals surface area contributed by atoms with Gasteiger partial charge in [0.25, 0.3) is 0 Å². The maximum Gasteiger partial charge on any atom is 0.136 e. The van der Waals surface area contributed by atoms with E-state index in [2.05, 4.69) is 12.1 Å². The van der Waals surface area contributed by atoms with Gasteiger partial charge in [0, 0.05) is 0 Å². The van der Waals surface area contributed by atoms with E-state index in [1.54, 1.807) is 13.0 Å². The summed E-state index contributed by atoms with van der Waals surface area (Å²) in [5, 5.41) is 3.05. The first-order chi connectivity index (χ1) is 5.70. The fraction of sp³-hybridized carbons (Fsp3) is 0.400. The van der Waals surface area contributed by atoms with E-state index >= 15 is 0 Å². The van der Waals surface area contributed by atoms with E-state index in [4.69, 9.17) is 0 Å². The Balaban J connectivity index is 2.90. The van der Waals surface area contributed by atoms with Gasteiger partial charge in [0.2, 0.25) is 0 Å². The smallest absolute Gasteiger partial charge is 0.136 e. The van der Waals surface area contributed by atoms with Gasteiger partial charge in [0.1, 0.15) is 5.54 Å². The molecular weight excluding hydrogens is 150 g/mol. The SMILES string of the molecule is CCC1=CC=CC(C)(N=O)C=C1. The van der Waals surface area contributed by atoms with E-state index in [-0.39, 0.29) is 0 Å². The van der Waals surface area contributed by atoms with Gasteiger partial charge < -0.3 is 0 Å². The summed E-state index contributed by atoms with van der Waals surface area (Å²) in [6.07, 6.45) is 10.5. The van der Waals surface area contributed by atoms with Gasteiger partial charge in [-0.25, -0.2) is 0 Å². The van der Waals surface area contributed by atoms with Crippen LogP contribution in [0.5, 0.6) is 0 Å². The molecule has 0 radical (unpaired) electrons. The molecule has 0 heterocycles. The Morgan fingerprint density at radius 1 is 1.50 bits per heavy atom. The van der Waals surface area contributed by atoms with Crippen molar-refractivity contribution in [3.63, 3.8) is 0 Å². The summed E-state index contributed by atoms with van der Waals surface area (Å²) < 4.78 is 0. The number of hydrogen-bond acceptors (Lipinski definition) is 2. The highest BCUT2D eigenvalue weighted by Crippen LogP contribution is 2.19. The molecule has 1 aliphatic carbocycles. The summed E-state index contributed by atoms with van der Waals surface area (Å²) in [5.74, 6) is 0. The van der Waals surface area contributed by atoms with Crippen molar-refractivity contribution in [3.8, 4) is 0 Å². The molecule has 0 saturated heterocycles. The molecule has 0 N–H and O–H groups in total. The zero-order valence-electron chi connectivity index (χ0n) is 7.45. The van der Waals surface area contributed by atoms with Crippen LogP contribution in [0.4, 0.5) is 0 Å². The third kappa shape index (κ3) is 1.91. The van der Waals surface area contributed by atoms with Crippen LogP contribution in [-0.2, 0) is 0 Å². The molecule has 1 atom stereocenters. The van der Waals surface area contributed by atoms with Gasteiger partial charge in [-0.05, 0) is 31.1 Å². The molecule has 0 saturated carbocycles. The summed E-state index contributed by atoms with van der Waals surface area (Å²) in [6, 6.07) is 0. The van der Waals surface area contributed by atoms with Crippen LogP contribution in [0.3, 0.4) is 0 Å². The minimum Gasteiger partial charge on any atom is -0.150 e. The topological polar surface area (TPSA) is 29.4 Å². The van der Waals surface area contributed by atoms with Crippen LogP contribution >= 0.6 is 0 Å². The second-order valence-corrected chi connectivity index (χ2v) is 3.10. The zero-order valence-corrected chi connectivity index (χ0v) is 7.45. The predicted octanol–water partition coefficient (Wildman–Crippen LogP) is 2.97. The number of hydrogen-bond donors (Lipinski definition) is 0. The van der Waals surface area contributed by atoms with Crippen molar-refractivity contribution in [1.29, 1.82) is 0 Å².